The van der Waals surface area contributed by atoms with E-state index in [4.69, 9.17) is 0 Å². The third kappa shape index (κ3) is 2.79. The lowest BCUT2D eigenvalue weighted by Gasteiger charge is -2.14. The molecule has 4 aliphatic rings. The van der Waals surface area contributed by atoms with Gasteiger partial charge in [0.1, 0.15) is 7.05 Å². The van der Waals surface area contributed by atoms with Crippen LogP contribution < -0.4 is 0 Å². The smallest absolute Gasteiger partial charge is 0.186 e. The second-order valence-corrected chi connectivity index (χ2v) is 11.5. The Morgan fingerprint density at radius 1 is 0.611 bits per heavy atom. The number of hydrogen-bond donors (Lipinski definition) is 0. The third-order valence-corrected chi connectivity index (χ3v) is 8.97. The van der Waals surface area contributed by atoms with E-state index in [-0.39, 0.29) is 0 Å². The Morgan fingerprint density at radius 2 is 1.19 bits per heavy atom. The van der Waals surface area contributed by atoms with Crippen LogP contribution in [0.5, 0.6) is 0 Å². The summed E-state index contributed by atoms with van der Waals surface area (Å²) in [7, 11) is 2.15. The van der Waals surface area contributed by atoms with E-state index >= 15 is 0 Å². The maximum Gasteiger partial charge on any atom is 0.186 e. The number of fused-ring (bicyclic) bond motifs is 6. The minimum Gasteiger partial charge on any atom is -0.234 e. The summed E-state index contributed by atoms with van der Waals surface area (Å²) in [6.07, 6.45) is 11.7. The van der Waals surface area contributed by atoms with Gasteiger partial charge in [0.15, 0.2) is 31.2 Å². The van der Waals surface area contributed by atoms with E-state index in [1.807, 2.05) is 0 Å². The highest BCUT2D eigenvalue weighted by molar-refractivity contribution is 6.03. The molecule has 0 saturated carbocycles. The van der Waals surface area contributed by atoms with Gasteiger partial charge in [-0.2, -0.15) is 4.58 Å². The van der Waals surface area contributed by atoms with Gasteiger partial charge in [0, 0.05) is 28.3 Å². The van der Waals surface area contributed by atoms with Gasteiger partial charge in [-0.3, -0.25) is 0 Å². The number of benzene rings is 4. The van der Waals surface area contributed by atoms with E-state index in [9.17, 15) is 0 Å². The van der Waals surface area contributed by atoms with Crippen molar-refractivity contribution in [1.29, 1.82) is 0 Å². The van der Waals surface area contributed by atoms with Crippen molar-refractivity contribution >= 4 is 46.1 Å². The number of allylic oxidation sites excluding steroid dienone is 2. The predicted octanol–water partition coefficient (Wildman–Crippen LogP) is 6.69. The molecule has 0 radical (unpaired) electrons. The van der Waals surface area contributed by atoms with Crippen molar-refractivity contribution in [2.75, 3.05) is 7.05 Å². The zero-order chi connectivity index (χ0) is 24.3. The first kappa shape index (κ1) is 20.4. The maximum absolute atomic E-state index is 2.49. The fourth-order valence-electron chi connectivity index (χ4n) is 7.07. The molecule has 36 heavy (non-hydrogen) atoms. The second kappa shape index (κ2) is 6.91. The van der Waals surface area contributed by atoms with Gasteiger partial charge >= 0.3 is 0 Å². The fourth-order valence-corrected chi connectivity index (χ4v) is 7.07. The van der Waals surface area contributed by atoms with Gasteiger partial charge < -0.3 is 0 Å². The Morgan fingerprint density at radius 3 is 1.92 bits per heavy atom. The summed E-state index contributed by atoms with van der Waals surface area (Å²) < 4.78 is 4.76. The van der Waals surface area contributed by atoms with E-state index in [2.05, 4.69) is 97.9 Å². The van der Waals surface area contributed by atoms with Crippen LogP contribution in [-0.4, -0.2) is 28.6 Å². The van der Waals surface area contributed by atoms with Crippen LogP contribution in [0.2, 0.25) is 0 Å². The van der Waals surface area contributed by atoms with E-state index in [0.29, 0.717) is 0 Å². The summed E-state index contributed by atoms with van der Waals surface area (Å²) in [5.74, 6) is 0. The molecule has 8 rings (SSSR count). The Balaban J connectivity index is 1.18. The Bertz CT molecular complexity index is 1860. The standard InChI is InChI=1S/C34H30N2/c1-19-5-31-20(2)33-13-30(14-34(33)21(3)32(31)6-19)36-17-28-11-24-7-22-9-26-15-35(4)16-27(26)10-23(22)8-25(24)12-29(28)18-36/h5,7-12,14-15,18H,6,13,16-17H2,1-4H3/q+2. The van der Waals surface area contributed by atoms with Gasteiger partial charge in [-0.05, 0) is 119 Å². The number of hydrogen-bond acceptors (Lipinski definition) is 0. The van der Waals surface area contributed by atoms with Crippen molar-refractivity contribution in [1.82, 2.24) is 0 Å². The molecule has 0 amide bonds. The molecule has 174 valence electrons. The molecule has 2 nitrogen and oxygen atoms in total. The average molecular weight is 467 g/mol. The van der Waals surface area contributed by atoms with Crippen LogP contribution in [0.3, 0.4) is 0 Å². The van der Waals surface area contributed by atoms with Crippen molar-refractivity contribution in [2.24, 2.45) is 0 Å². The monoisotopic (exact) mass is 466 g/mol. The molecule has 4 aromatic rings. The molecule has 0 unspecified atom stereocenters. The van der Waals surface area contributed by atoms with Crippen molar-refractivity contribution in [2.45, 2.75) is 46.7 Å². The van der Waals surface area contributed by atoms with Crippen molar-refractivity contribution in [3.8, 4) is 0 Å². The molecular formula is C34H30N2+2. The van der Waals surface area contributed by atoms with Crippen LogP contribution in [0.15, 0.2) is 47.7 Å². The molecule has 0 atom stereocenters. The SMILES string of the molecule is CC1=Cc2c(C)c3c(c(C)c2C1)C=C([N+]1=Cc2cc4cc5cc6c(cc5cc4cc2C1)C=[N+](C)C6)C3. The van der Waals surface area contributed by atoms with Crippen LogP contribution in [0.1, 0.15) is 62.6 Å². The Labute approximate surface area is 212 Å². The molecule has 0 spiro atoms. The zero-order valence-electron chi connectivity index (χ0n) is 21.5. The van der Waals surface area contributed by atoms with Crippen LogP contribution in [0, 0.1) is 13.8 Å². The highest BCUT2D eigenvalue weighted by Gasteiger charge is 2.31. The summed E-state index contributed by atoms with van der Waals surface area (Å²) in [6, 6.07) is 14.3. The summed E-state index contributed by atoms with van der Waals surface area (Å²) >= 11 is 0. The minimum atomic E-state index is 0.961. The van der Waals surface area contributed by atoms with Crippen LogP contribution in [-0.2, 0) is 25.9 Å². The molecule has 2 aliphatic heterocycles. The topological polar surface area (TPSA) is 6.02 Å². The fraction of sp³-hybridized carbons (Fsp3) is 0.235. The largest absolute Gasteiger partial charge is 0.234 e. The predicted molar refractivity (Wildman–Crippen MR) is 151 cm³/mol. The molecule has 4 aromatic carbocycles. The van der Waals surface area contributed by atoms with E-state index in [1.54, 1.807) is 5.56 Å². The van der Waals surface area contributed by atoms with Crippen LogP contribution >= 0.6 is 0 Å². The molecule has 0 N–H and O–H groups in total. The number of rotatable bonds is 1. The van der Waals surface area contributed by atoms with Gasteiger partial charge in [0.25, 0.3) is 0 Å². The summed E-state index contributed by atoms with van der Waals surface area (Å²) in [5, 5.41) is 5.36. The van der Waals surface area contributed by atoms with Crippen molar-refractivity contribution in [3.63, 3.8) is 0 Å². The lowest BCUT2D eigenvalue weighted by molar-refractivity contribution is -0.504. The van der Waals surface area contributed by atoms with Gasteiger partial charge in [-0.25, -0.2) is 4.58 Å². The molecule has 0 saturated heterocycles. The number of nitrogens with zero attached hydrogens (tertiary/aromatic N) is 2. The highest BCUT2D eigenvalue weighted by Crippen LogP contribution is 2.40. The van der Waals surface area contributed by atoms with E-state index in [0.717, 1.165) is 25.9 Å². The van der Waals surface area contributed by atoms with Gasteiger partial charge in [0.05, 0.1) is 6.42 Å². The molecule has 0 bridgehead atoms. The Hall–Kier alpha value is -3.78. The first-order chi connectivity index (χ1) is 17.4. The molecule has 0 aromatic heterocycles. The minimum absolute atomic E-state index is 0.961. The first-order valence-corrected chi connectivity index (χ1v) is 13.1. The molecular weight excluding hydrogens is 436 g/mol. The Kier molecular flexibility index (Phi) is 3.92. The van der Waals surface area contributed by atoms with E-state index in [1.165, 1.54) is 82.9 Å². The molecule has 0 fully saturated rings. The highest BCUT2D eigenvalue weighted by atomic mass is 15.0. The normalized spacial score (nSPS) is 17.1. The van der Waals surface area contributed by atoms with Crippen LogP contribution in [0.25, 0.3) is 33.7 Å². The van der Waals surface area contributed by atoms with E-state index < -0.39 is 0 Å². The first-order valence-electron chi connectivity index (χ1n) is 13.1. The second-order valence-electron chi connectivity index (χ2n) is 11.5. The lowest BCUT2D eigenvalue weighted by atomic mass is 9.90. The summed E-state index contributed by atoms with van der Waals surface area (Å²) in [6.45, 7) is 8.88. The van der Waals surface area contributed by atoms with Crippen molar-refractivity contribution < 1.29 is 9.15 Å². The maximum atomic E-state index is 2.49. The third-order valence-electron chi connectivity index (χ3n) is 8.97. The quantitative estimate of drug-likeness (QED) is 0.218. The summed E-state index contributed by atoms with van der Waals surface area (Å²) in [5.41, 5.74) is 17.5. The zero-order valence-corrected chi connectivity index (χ0v) is 21.5. The van der Waals surface area contributed by atoms with Gasteiger partial charge in [-0.1, -0.05) is 11.6 Å². The molecule has 2 heteroatoms. The van der Waals surface area contributed by atoms with Gasteiger partial charge in [-0.15, -0.1) is 0 Å². The average Bonchev–Trinajstić information content (AvgIpc) is 3.61. The van der Waals surface area contributed by atoms with Crippen LogP contribution in [0.4, 0.5) is 0 Å². The van der Waals surface area contributed by atoms with Gasteiger partial charge in [0.2, 0.25) is 0 Å². The van der Waals surface area contributed by atoms with Crippen molar-refractivity contribution in [3.05, 3.63) is 103 Å². The molecule has 2 heterocycles. The molecule has 2 aliphatic carbocycles. The lowest BCUT2D eigenvalue weighted by Crippen LogP contribution is -2.07. The summed E-state index contributed by atoms with van der Waals surface area (Å²) in [4.78, 5) is 0.